The zero-order chi connectivity index (χ0) is 15.5. The molecule has 0 aliphatic heterocycles. The lowest BCUT2D eigenvalue weighted by Crippen LogP contribution is -2.26. The van der Waals surface area contributed by atoms with Crippen LogP contribution in [0.1, 0.15) is 23.4 Å². The molecule has 0 aliphatic carbocycles. The van der Waals surface area contributed by atoms with Crippen molar-refractivity contribution in [2.75, 3.05) is 7.05 Å². The summed E-state index contributed by atoms with van der Waals surface area (Å²) >= 11 is 7.26. The van der Waals surface area contributed by atoms with E-state index in [2.05, 4.69) is 10.0 Å². The van der Waals surface area contributed by atoms with Gasteiger partial charge in [0.05, 0.1) is 4.90 Å². The molecule has 21 heavy (non-hydrogen) atoms. The Kier molecular flexibility index (Phi) is 5.40. The van der Waals surface area contributed by atoms with Gasteiger partial charge in [-0.25, -0.2) is 13.1 Å². The van der Waals surface area contributed by atoms with Gasteiger partial charge < -0.3 is 5.32 Å². The molecule has 0 spiro atoms. The summed E-state index contributed by atoms with van der Waals surface area (Å²) in [6.45, 7) is 2.47. The minimum atomic E-state index is -3.52. The van der Waals surface area contributed by atoms with Crippen LogP contribution in [0.4, 0.5) is 0 Å². The largest absolute Gasteiger partial charge is 0.315 e. The van der Waals surface area contributed by atoms with Gasteiger partial charge in [-0.2, -0.15) is 0 Å². The number of hydrogen-bond donors (Lipinski definition) is 2. The third-order valence-corrected chi connectivity index (χ3v) is 5.85. The third kappa shape index (κ3) is 4.28. The van der Waals surface area contributed by atoms with Gasteiger partial charge in [0.2, 0.25) is 10.0 Å². The summed E-state index contributed by atoms with van der Waals surface area (Å²) in [6, 6.07) is 8.50. The topological polar surface area (TPSA) is 58.2 Å². The van der Waals surface area contributed by atoms with Gasteiger partial charge in [0.15, 0.2) is 0 Å². The van der Waals surface area contributed by atoms with Crippen molar-refractivity contribution in [3.63, 3.8) is 0 Å². The predicted molar refractivity (Wildman–Crippen MR) is 87.3 cm³/mol. The maximum Gasteiger partial charge on any atom is 0.241 e. The first-order chi connectivity index (χ1) is 9.92. The molecule has 0 saturated carbocycles. The molecule has 114 valence electrons. The molecule has 1 aromatic carbocycles. The standard InChI is InChI=1S/C14H17ClN2O2S2/c1-10(11-3-5-12(15)6-4-11)17-21(18,19)14-7-13(8-16-2)20-9-14/h3-7,9-10,16-17H,8H2,1-2H3. The predicted octanol–water partition coefficient (Wildman–Crippen LogP) is 3.16. The van der Waals surface area contributed by atoms with Crippen LogP contribution in [0.25, 0.3) is 0 Å². The molecule has 0 bridgehead atoms. The second-order valence-electron chi connectivity index (χ2n) is 4.67. The van der Waals surface area contributed by atoms with Gasteiger partial charge in [0.25, 0.3) is 0 Å². The van der Waals surface area contributed by atoms with Crippen LogP contribution < -0.4 is 10.0 Å². The molecule has 2 N–H and O–H groups in total. The fourth-order valence-corrected chi connectivity index (χ4v) is 4.53. The average molecular weight is 345 g/mol. The number of nitrogens with one attached hydrogen (secondary N) is 2. The zero-order valence-electron chi connectivity index (χ0n) is 11.8. The Labute approximate surface area is 134 Å². The van der Waals surface area contributed by atoms with Crippen molar-refractivity contribution in [1.82, 2.24) is 10.0 Å². The first-order valence-electron chi connectivity index (χ1n) is 6.42. The van der Waals surface area contributed by atoms with Crippen molar-refractivity contribution < 1.29 is 8.42 Å². The maximum absolute atomic E-state index is 12.3. The molecular weight excluding hydrogens is 328 g/mol. The Balaban J connectivity index is 2.14. The summed E-state index contributed by atoms with van der Waals surface area (Å²) in [6.07, 6.45) is 0. The van der Waals surface area contributed by atoms with Gasteiger partial charge in [0, 0.05) is 27.9 Å². The normalized spacial score (nSPS) is 13.3. The minimum absolute atomic E-state index is 0.304. The van der Waals surface area contributed by atoms with E-state index in [1.807, 2.05) is 26.1 Å². The smallest absolute Gasteiger partial charge is 0.241 e. The molecule has 7 heteroatoms. The lowest BCUT2D eigenvalue weighted by Gasteiger charge is -2.14. The van der Waals surface area contributed by atoms with Crippen LogP contribution in [0.5, 0.6) is 0 Å². The highest BCUT2D eigenvalue weighted by atomic mass is 35.5. The van der Waals surface area contributed by atoms with E-state index in [4.69, 9.17) is 11.6 Å². The second-order valence-corrected chi connectivity index (χ2v) is 7.82. The van der Waals surface area contributed by atoms with Gasteiger partial charge in [-0.1, -0.05) is 23.7 Å². The number of sulfonamides is 1. The van der Waals surface area contributed by atoms with Crippen LogP contribution >= 0.6 is 22.9 Å². The van der Waals surface area contributed by atoms with E-state index < -0.39 is 10.0 Å². The van der Waals surface area contributed by atoms with Crippen molar-refractivity contribution in [3.05, 3.63) is 51.2 Å². The zero-order valence-corrected chi connectivity index (χ0v) is 14.1. The fourth-order valence-electron chi connectivity index (χ4n) is 1.89. The molecule has 1 atom stereocenters. The van der Waals surface area contributed by atoms with Gasteiger partial charge in [-0.05, 0) is 37.7 Å². The van der Waals surface area contributed by atoms with Crippen LogP contribution in [0.2, 0.25) is 5.02 Å². The molecule has 0 saturated heterocycles. The van der Waals surface area contributed by atoms with Crippen LogP contribution in [0.15, 0.2) is 40.6 Å². The van der Waals surface area contributed by atoms with Crippen LogP contribution in [0, 0.1) is 0 Å². The lowest BCUT2D eigenvalue weighted by molar-refractivity contribution is 0.567. The van der Waals surface area contributed by atoms with Crippen molar-refractivity contribution >= 4 is 33.0 Å². The van der Waals surface area contributed by atoms with E-state index >= 15 is 0 Å². The van der Waals surface area contributed by atoms with Crippen LogP contribution in [0.3, 0.4) is 0 Å². The average Bonchev–Trinajstić information content (AvgIpc) is 2.89. The van der Waals surface area contributed by atoms with Crippen LogP contribution in [-0.2, 0) is 16.6 Å². The van der Waals surface area contributed by atoms with E-state index in [9.17, 15) is 8.42 Å². The number of rotatable bonds is 6. The molecule has 1 unspecified atom stereocenters. The van der Waals surface area contributed by atoms with E-state index in [1.54, 1.807) is 23.6 Å². The van der Waals surface area contributed by atoms with E-state index in [-0.39, 0.29) is 6.04 Å². The number of halogens is 1. The van der Waals surface area contributed by atoms with Gasteiger partial charge in [0.1, 0.15) is 0 Å². The summed E-state index contributed by atoms with van der Waals surface area (Å²) in [5.74, 6) is 0. The Bertz CT molecular complexity index is 696. The Morgan fingerprint density at radius 2 is 1.95 bits per heavy atom. The van der Waals surface area contributed by atoms with Crippen molar-refractivity contribution in [2.45, 2.75) is 24.4 Å². The Hall–Kier alpha value is -0.920. The Morgan fingerprint density at radius 3 is 2.57 bits per heavy atom. The molecule has 4 nitrogen and oxygen atoms in total. The molecule has 0 fully saturated rings. The molecule has 2 rings (SSSR count). The second kappa shape index (κ2) is 6.89. The van der Waals surface area contributed by atoms with E-state index in [0.29, 0.717) is 16.5 Å². The molecule has 1 aromatic heterocycles. The van der Waals surface area contributed by atoms with E-state index in [0.717, 1.165) is 10.4 Å². The van der Waals surface area contributed by atoms with Crippen molar-refractivity contribution in [1.29, 1.82) is 0 Å². The fraction of sp³-hybridized carbons (Fsp3) is 0.286. The first-order valence-corrected chi connectivity index (χ1v) is 9.16. The highest BCUT2D eigenvalue weighted by Gasteiger charge is 2.19. The first kappa shape index (κ1) is 16.5. The molecule has 0 radical (unpaired) electrons. The lowest BCUT2D eigenvalue weighted by atomic mass is 10.1. The maximum atomic E-state index is 12.3. The third-order valence-electron chi connectivity index (χ3n) is 2.99. The SMILES string of the molecule is CNCc1cc(S(=O)(=O)NC(C)c2ccc(Cl)cc2)cs1. The molecular formula is C14H17ClN2O2S2. The van der Waals surface area contributed by atoms with Crippen molar-refractivity contribution in [2.24, 2.45) is 0 Å². The summed E-state index contributed by atoms with van der Waals surface area (Å²) in [4.78, 5) is 1.29. The molecule has 0 amide bonds. The minimum Gasteiger partial charge on any atom is -0.315 e. The molecule has 2 aromatic rings. The summed E-state index contributed by atoms with van der Waals surface area (Å²) in [7, 11) is -1.69. The highest BCUT2D eigenvalue weighted by molar-refractivity contribution is 7.89. The Morgan fingerprint density at radius 1 is 1.29 bits per heavy atom. The quantitative estimate of drug-likeness (QED) is 0.846. The van der Waals surface area contributed by atoms with Gasteiger partial charge in [-0.3, -0.25) is 0 Å². The van der Waals surface area contributed by atoms with Gasteiger partial charge in [-0.15, -0.1) is 11.3 Å². The summed E-state index contributed by atoms with van der Waals surface area (Å²) < 4.78 is 27.4. The van der Waals surface area contributed by atoms with Crippen molar-refractivity contribution in [3.8, 4) is 0 Å². The van der Waals surface area contributed by atoms with E-state index in [1.165, 1.54) is 11.3 Å². The monoisotopic (exact) mass is 344 g/mol. The molecule has 1 heterocycles. The number of thiophene rings is 1. The highest BCUT2D eigenvalue weighted by Crippen LogP contribution is 2.22. The summed E-state index contributed by atoms with van der Waals surface area (Å²) in [5.41, 5.74) is 0.869. The number of benzene rings is 1. The van der Waals surface area contributed by atoms with Crippen LogP contribution in [-0.4, -0.2) is 15.5 Å². The number of hydrogen-bond acceptors (Lipinski definition) is 4. The van der Waals surface area contributed by atoms with Gasteiger partial charge >= 0.3 is 0 Å². The summed E-state index contributed by atoms with van der Waals surface area (Å²) in [5, 5.41) is 5.29. The molecule has 0 aliphatic rings.